The summed E-state index contributed by atoms with van der Waals surface area (Å²) in [6.45, 7) is 1.29. The van der Waals surface area contributed by atoms with Gasteiger partial charge in [-0.1, -0.05) is 0 Å². The SMILES string of the molecule is NCCN(c1nccn(C2CC2)c1=O)C1CCC1. The highest BCUT2D eigenvalue weighted by atomic mass is 16.1. The number of anilines is 1. The van der Waals surface area contributed by atoms with E-state index in [1.54, 1.807) is 6.20 Å². The Morgan fingerprint density at radius 3 is 2.72 bits per heavy atom. The highest BCUT2D eigenvalue weighted by Crippen LogP contribution is 2.34. The van der Waals surface area contributed by atoms with E-state index in [0.717, 1.165) is 32.2 Å². The summed E-state index contributed by atoms with van der Waals surface area (Å²) < 4.78 is 1.84. The minimum atomic E-state index is 0.0559. The number of nitrogens with zero attached hydrogens (tertiary/aromatic N) is 3. The van der Waals surface area contributed by atoms with Gasteiger partial charge in [0.25, 0.3) is 5.56 Å². The molecule has 2 aliphatic carbocycles. The van der Waals surface area contributed by atoms with Crippen molar-refractivity contribution in [1.29, 1.82) is 0 Å². The lowest BCUT2D eigenvalue weighted by molar-refractivity contribution is 0.384. The maximum atomic E-state index is 12.4. The Labute approximate surface area is 107 Å². The lowest BCUT2D eigenvalue weighted by atomic mass is 9.91. The Morgan fingerprint density at radius 1 is 1.39 bits per heavy atom. The maximum Gasteiger partial charge on any atom is 0.293 e. The summed E-state index contributed by atoms with van der Waals surface area (Å²) in [5.74, 6) is 0.597. The van der Waals surface area contributed by atoms with Crippen LogP contribution >= 0.6 is 0 Å². The fourth-order valence-electron chi connectivity index (χ4n) is 2.55. The van der Waals surface area contributed by atoms with E-state index in [0.29, 0.717) is 24.4 Å². The van der Waals surface area contributed by atoms with Gasteiger partial charge in [-0.05, 0) is 32.1 Å². The number of nitrogens with two attached hydrogens (primary N) is 1. The van der Waals surface area contributed by atoms with E-state index < -0.39 is 0 Å². The fourth-order valence-corrected chi connectivity index (χ4v) is 2.55. The van der Waals surface area contributed by atoms with Gasteiger partial charge in [-0.3, -0.25) is 4.79 Å². The van der Waals surface area contributed by atoms with Crippen molar-refractivity contribution < 1.29 is 0 Å². The van der Waals surface area contributed by atoms with E-state index in [2.05, 4.69) is 9.88 Å². The van der Waals surface area contributed by atoms with E-state index in [4.69, 9.17) is 5.73 Å². The molecule has 0 saturated heterocycles. The van der Waals surface area contributed by atoms with Gasteiger partial charge in [-0.15, -0.1) is 0 Å². The third-order valence-corrected chi connectivity index (χ3v) is 3.95. The second-order valence-electron chi connectivity index (χ2n) is 5.26. The molecule has 1 aromatic rings. The molecule has 0 unspecified atom stereocenters. The zero-order valence-corrected chi connectivity index (χ0v) is 10.6. The summed E-state index contributed by atoms with van der Waals surface area (Å²) in [6.07, 6.45) is 9.34. The van der Waals surface area contributed by atoms with Crippen LogP contribution in [0.1, 0.15) is 38.1 Å². The Kier molecular flexibility index (Phi) is 3.07. The third-order valence-electron chi connectivity index (χ3n) is 3.95. The maximum absolute atomic E-state index is 12.4. The van der Waals surface area contributed by atoms with Crippen LogP contribution < -0.4 is 16.2 Å². The van der Waals surface area contributed by atoms with Gasteiger partial charge in [-0.25, -0.2) is 4.98 Å². The van der Waals surface area contributed by atoms with E-state index in [1.165, 1.54) is 6.42 Å². The van der Waals surface area contributed by atoms with Crippen LogP contribution in [0.3, 0.4) is 0 Å². The molecule has 0 atom stereocenters. The molecule has 18 heavy (non-hydrogen) atoms. The Bertz CT molecular complexity index is 476. The van der Waals surface area contributed by atoms with E-state index in [1.807, 2.05) is 10.8 Å². The molecule has 0 bridgehead atoms. The molecule has 0 aliphatic heterocycles. The van der Waals surface area contributed by atoms with Crippen molar-refractivity contribution in [2.24, 2.45) is 5.73 Å². The minimum absolute atomic E-state index is 0.0559. The van der Waals surface area contributed by atoms with Crippen molar-refractivity contribution in [3.63, 3.8) is 0 Å². The highest BCUT2D eigenvalue weighted by molar-refractivity contribution is 5.38. The van der Waals surface area contributed by atoms with Crippen LogP contribution in [-0.4, -0.2) is 28.7 Å². The summed E-state index contributed by atoms with van der Waals surface area (Å²) >= 11 is 0. The molecule has 2 N–H and O–H groups in total. The number of aromatic nitrogens is 2. The molecule has 0 aromatic carbocycles. The largest absolute Gasteiger partial charge is 0.348 e. The number of hydrogen-bond donors (Lipinski definition) is 1. The summed E-state index contributed by atoms with van der Waals surface area (Å²) in [6, 6.07) is 0.865. The van der Waals surface area contributed by atoms with Crippen LogP contribution in [0, 0.1) is 0 Å². The van der Waals surface area contributed by atoms with Crippen LogP contribution in [0.5, 0.6) is 0 Å². The average molecular weight is 248 g/mol. The molecule has 0 radical (unpaired) electrons. The molecule has 2 aliphatic rings. The second-order valence-corrected chi connectivity index (χ2v) is 5.26. The van der Waals surface area contributed by atoms with Gasteiger partial charge >= 0.3 is 0 Å². The zero-order valence-electron chi connectivity index (χ0n) is 10.6. The molecule has 0 spiro atoms. The molecular weight excluding hydrogens is 228 g/mol. The summed E-state index contributed by atoms with van der Waals surface area (Å²) in [5.41, 5.74) is 5.72. The monoisotopic (exact) mass is 248 g/mol. The Hall–Kier alpha value is -1.36. The van der Waals surface area contributed by atoms with Gasteiger partial charge in [0.2, 0.25) is 0 Å². The molecular formula is C13H20N4O. The molecule has 0 amide bonds. The molecule has 1 heterocycles. The van der Waals surface area contributed by atoms with E-state index in [9.17, 15) is 4.79 Å². The van der Waals surface area contributed by atoms with E-state index >= 15 is 0 Å². The van der Waals surface area contributed by atoms with Crippen LogP contribution in [-0.2, 0) is 0 Å². The van der Waals surface area contributed by atoms with Gasteiger partial charge in [0.1, 0.15) is 0 Å². The molecule has 5 nitrogen and oxygen atoms in total. The minimum Gasteiger partial charge on any atom is -0.348 e. The topological polar surface area (TPSA) is 64.2 Å². The van der Waals surface area contributed by atoms with Gasteiger partial charge in [0.05, 0.1) is 0 Å². The molecule has 2 fully saturated rings. The van der Waals surface area contributed by atoms with Crippen molar-refractivity contribution in [1.82, 2.24) is 9.55 Å². The first kappa shape index (κ1) is 11.7. The van der Waals surface area contributed by atoms with Crippen LogP contribution in [0.25, 0.3) is 0 Å². The quantitative estimate of drug-likeness (QED) is 0.840. The first-order valence-electron chi connectivity index (χ1n) is 6.85. The standard InChI is InChI=1S/C13H20N4O/c14-6-8-16(10-2-1-3-10)12-13(18)17(9-7-15-12)11-4-5-11/h7,9-11H,1-6,8,14H2. The zero-order chi connectivity index (χ0) is 12.5. The van der Waals surface area contributed by atoms with Gasteiger partial charge in [-0.2, -0.15) is 0 Å². The van der Waals surface area contributed by atoms with Gasteiger partial charge < -0.3 is 15.2 Å². The molecule has 5 heteroatoms. The lowest BCUT2D eigenvalue weighted by Crippen LogP contribution is -2.46. The second kappa shape index (κ2) is 4.72. The van der Waals surface area contributed by atoms with Crippen molar-refractivity contribution in [2.75, 3.05) is 18.0 Å². The van der Waals surface area contributed by atoms with Crippen LogP contribution in [0.4, 0.5) is 5.82 Å². The van der Waals surface area contributed by atoms with Crippen LogP contribution in [0.15, 0.2) is 17.2 Å². The highest BCUT2D eigenvalue weighted by Gasteiger charge is 2.30. The first-order valence-corrected chi connectivity index (χ1v) is 6.85. The normalized spacial score (nSPS) is 19.6. The molecule has 1 aromatic heterocycles. The Morgan fingerprint density at radius 2 is 2.17 bits per heavy atom. The Balaban J connectivity index is 1.92. The van der Waals surface area contributed by atoms with Crippen LogP contribution in [0.2, 0.25) is 0 Å². The van der Waals surface area contributed by atoms with Gasteiger partial charge in [0.15, 0.2) is 5.82 Å². The first-order chi connectivity index (χ1) is 8.81. The molecule has 2 saturated carbocycles. The summed E-state index contributed by atoms with van der Waals surface area (Å²) in [4.78, 5) is 18.9. The van der Waals surface area contributed by atoms with E-state index in [-0.39, 0.29) is 5.56 Å². The van der Waals surface area contributed by atoms with Crippen molar-refractivity contribution in [3.8, 4) is 0 Å². The number of hydrogen-bond acceptors (Lipinski definition) is 4. The third kappa shape index (κ3) is 2.03. The molecule has 98 valence electrons. The summed E-state index contributed by atoms with van der Waals surface area (Å²) in [7, 11) is 0. The van der Waals surface area contributed by atoms with Crippen molar-refractivity contribution in [3.05, 3.63) is 22.7 Å². The summed E-state index contributed by atoms with van der Waals surface area (Å²) in [5, 5.41) is 0. The molecule has 3 rings (SSSR count). The van der Waals surface area contributed by atoms with Crippen molar-refractivity contribution >= 4 is 5.82 Å². The van der Waals surface area contributed by atoms with Crippen molar-refractivity contribution in [2.45, 2.75) is 44.2 Å². The number of rotatable bonds is 5. The average Bonchev–Trinajstić information content (AvgIpc) is 3.10. The lowest BCUT2D eigenvalue weighted by Gasteiger charge is -2.37. The fraction of sp³-hybridized carbons (Fsp3) is 0.692. The van der Waals surface area contributed by atoms with Gasteiger partial charge in [0, 0.05) is 37.6 Å². The predicted octanol–water partition coefficient (Wildman–Crippen LogP) is 0.896. The predicted molar refractivity (Wildman–Crippen MR) is 70.8 cm³/mol. The smallest absolute Gasteiger partial charge is 0.293 e.